The van der Waals surface area contributed by atoms with Crippen molar-refractivity contribution in [2.45, 2.75) is 0 Å². The summed E-state index contributed by atoms with van der Waals surface area (Å²) in [6.45, 7) is 0. The Morgan fingerprint density at radius 2 is 0.862 bits per heavy atom. The van der Waals surface area contributed by atoms with Gasteiger partial charge in [0, 0.05) is 38.8 Å². The van der Waals surface area contributed by atoms with Crippen molar-refractivity contribution < 1.29 is 4.42 Å². The highest BCUT2D eigenvalue weighted by atomic mass is 16.3. The normalized spacial score (nSPS) is 11.7. The fourth-order valence-corrected chi connectivity index (χ4v) is 10.1. The van der Waals surface area contributed by atoms with Crippen molar-refractivity contribution in [1.82, 2.24) is 4.57 Å². The lowest BCUT2D eigenvalue weighted by atomic mass is 9.97. The van der Waals surface area contributed by atoms with Crippen LogP contribution in [0.5, 0.6) is 0 Å². The highest BCUT2D eigenvalue weighted by Crippen LogP contribution is 2.47. The molecule has 0 saturated carbocycles. The molecule has 0 bridgehead atoms. The van der Waals surface area contributed by atoms with Crippen LogP contribution < -0.4 is 4.90 Å². The lowest BCUT2D eigenvalue weighted by Crippen LogP contribution is -2.10. The summed E-state index contributed by atoms with van der Waals surface area (Å²) in [5.41, 5.74) is 15.3. The van der Waals surface area contributed by atoms with E-state index in [0.29, 0.717) is 0 Å². The maximum absolute atomic E-state index is 6.90. The quantitative estimate of drug-likeness (QED) is 0.149. The van der Waals surface area contributed by atoms with Crippen LogP contribution in [0, 0.1) is 0 Å². The van der Waals surface area contributed by atoms with E-state index in [-0.39, 0.29) is 0 Å². The molecule has 65 heavy (non-hydrogen) atoms. The molecule has 0 spiro atoms. The summed E-state index contributed by atoms with van der Waals surface area (Å²) < 4.78 is 9.27. The molecule has 0 aliphatic carbocycles. The van der Waals surface area contributed by atoms with E-state index in [1.54, 1.807) is 0 Å². The van der Waals surface area contributed by atoms with E-state index in [1.807, 2.05) is 0 Å². The van der Waals surface area contributed by atoms with Gasteiger partial charge in [0.05, 0.1) is 22.1 Å². The summed E-state index contributed by atoms with van der Waals surface area (Å²) in [6, 6.07) is 87.6. The van der Waals surface area contributed by atoms with Gasteiger partial charge >= 0.3 is 0 Å². The molecule has 3 heteroatoms. The van der Waals surface area contributed by atoms with Gasteiger partial charge in [0.15, 0.2) is 0 Å². The number of furan rings is 1. The third kappa shape index (κ3) is 6.12. The zero-order chi connectivity index (χ0) is 42.8. The van der Waals surface area contributed by atoms with Gasteiger partial charge in [-0.05, 0) is 122 Å². The van der Waals surface area contributed by atoms with Gasteiger partial charge in [-0.25, -0.2) is 0 Å². The number of anilines is 3. The highest BCUT2D eigenvalue weighted by Gasteiger charge is 2.23. The molecule has 2 aromatic heterocycles. The fraction of sp³-hybridized carbons (Fsp3) is 0. The monoisotopic (exact) mass is 828 g/mol. The first-order chi connectivity index (χ1) is 32.2. The molecular formula is C62H40N2O. The van der Waals surface area contributed by atoms with E-state index in [2.05, 4.69) is 252 Å². The molecule has 0 N–H and O–H groups in total. The Kier molecular flexibility index (Phi) is 8.53. The van der Waals surface area contributed by atoms with Gasteiger partial charge in [0.2, 0.25) is 0 Å². The molecule has 3 nitrogen and oxygen atoms in total. The Morgan fingerprint density at radius 3 is 1.57 bits per heavy atom. The second-order valence-electron chi connectivity index (χ2n) is 16.9. The Morgan fingerprint density at radius 1 is 0.338 bits per heavy atom. The van der Waals surface area contributed by atoms with Crippen LogP contribution in [0.2, 0.25) is 0 Å². The van der Waals surface area contributed by atoms with Gasteiger partial charge in [-0.3, -0.25) is 0 Å². The van der Waals surface area contributed by atoms with E-state index in [9.17, 15) is 0 Å². The van der Waals surface area contributed by atoms with E-state index < -0.39 is 0 Å². The van der Waals surface area contributed by atoms with Crippen molar-refractivity contribution in [1.29, 1.82) is 0 Å². The molecule has 13 rings (SSSR count). The Labute approximate surface area is 376 Å². The molecule has 2 heterocycles. The van der Waals surface area contributed by atoms with Crippen molar-refractivity contribution in [2.24, 2.45) is 0 Å². The maximum atomic E-state index is 6.90. The molecule has 0 fully saturated rings. The van der Waals surface area contributed by atoms with Crippen molar-refractivity contribution in [3.63, 3.8) is 0 Å². The number of hydrogen-bond acceptors (Lipinski definition) is 2. The molecule has 0 aliphatic rings. The topological polar surface area (TPSA) is 21.3 Å². The van der Waals surface area contributed by atoms with Crippen molar-refractivity contribution >= 4 is 82.4 Å². The molecule has 304 valence electrons. The largest absolute Gasteiger partial charge is 0.455 e. The third-order valence-electron chi connectivity index (χ3n) is 13.2. The zero-order valence-corrected chi connectivity index (χ0v) is 35.4. The number of hydrogen-bond donors (Lipinski definition) is 0. The number of benzene rings is 11. The van der Waals surface area contributed by atoms with Crippen LogP contribution in [0.25, 0.3) is 104 Å². The SMILES string of the molecule is c1ccc(-c2ccc(N(c3ccc(-c4ccc5c(ccc6ccccc65)c4)cc3)c3ccc(-c4ccc(-n5c6ccccc6c6ccccc65)cc4)c4oc5ccccc5c34)cc2)cc1. The average Bonchev–Trinajstić information content (AvgIpc) is 3.94. The van der Waals surface area contributed by atoms with E-state index in [1.165, 1.54) is 65.6 Å². The van der Waals surface area contributed by atoms with Crippen LogP contribution in [0.4, 0.5) is 17.1 Å². The minimum absolute atomic E-state index is 0.858. The van der Waals surface area contributed by atoms with Crippen LogP contribution in [0.1, 0.15) is 0 Å². The molecule has 13 aromatic rings. The zero-order valence-electron chi connectivity index (χ0n) is 35.4. The van der Waals surface area contributed by atoms with Crippen LogP contribution in [-0.2, 0) is 0 Å². The van der Waals surface area contributed by atoms with Gasteiger partial charge in [0.1, 0.15) is 11.2 Å². The van der Waals surface area contributed by atoms with Crippen LogP contribution in [-0.4, -0.2) is 4.57 Å². The number of rotatable bonds is 7. The number of nitrogens with zero attached hydrogens (tertiary/aromatic N) is 2. The predicted octanol–water partition coefficient (Wildman–Crippen LogP) is 17.5. The smallest absolute Gasteiger partial charge is 0.145 e. The van der Waals surface area contributed by atoms with Crippen LogP contribution in [0.3, 0.4) is 0 Å². The fourth-order valence-electron chi connectivity index (χ4n) is 10.1. The summed E-state index contributed by atoms with van der Waals surface area (Å²) >= 11 is 0. The number of fused-ring (bicyclic) bond motifs is 9. The first-order valence-corrected chi connectivity index (χ1v) is 22.2. The molecule has 0 unspecified atom stereocenters. The molecular weight excluding hydrogens is 789 g/mol. The van der Waals surface area contributed by atoms with E-state index >= 15 is 0 Å². The lowest BCUT2D eigenvalue weighted by Gasteiger charge is -2.27. The molecule has 0 aliphatic heterocycles. The van der Waals surface area contributed by atoms with E-state index in [0.717, 1.165) is 55.8 Å². The Bertz CT molecular complexity index is 3860. The van der Waals surface area contributed by atoms with Gasteiger partial charge in [-0.2, -0.15) is 0 Å². The average molecular weight is 829 g/mol. The standard InChI is InChI=1S/C62H40N2O/c1-2-12-41(13-3-1)42-24-31-48(32-25-42)63(49-33-26-43(27-34-49)46-30-37-52-47(40-46)23-22-44-14-4-5-15-51(44)52)59-39-38-53(62-61(59)56-18-8-11-21-60(56)65-62)45-28-35-50(36-29-45)64-57-19-9-6-16-54(57)55-17-7-10-20-58(55)64/h1-40H. The minimum atomic E-state index is 0.858. The molecule has 0 amide bonds. The third-order valence-corrected chi connectivity index (χ3v) is 13.2. The minimum Gasteiger partial charge on any atom is -0.455 e. The van der Waals surface area contributed by atoms with Crippen LogP contribution >= 0.6 is 0 Å². The number of para-hydroxylation sites is 3. The summed E-state index contributed by atoms with van der Waals surface area (Å²) in [6.07, 6.45) is 0. The maximum Gasteiger partial charge on any atom is 0.145 e. The number of aromatic nitrogens is 1. The second-order valence-corrected chi connectivity index (χ2v) is 16.9. The summed E-state index contributed by atoms with van der Waals surface area (Å²) in [4.78, 5) is 2.38. The first-order valence-electron chi connectivity index (χ1n) is 22.2. The van der Waals surface area contributed by atoms with Crippen molar-refractivity contribution in [3.05, 3.63) is 243 Å². The summed E-state index contributed by atoms with van der Waals surface area (Å²) in [5, 5.41) is 9.70. The van der Waals surface area contributed by atoms with Crippen molar-refractivity contribution in [2.75, 3.05) is 4.90 Å². The Balaban J connectivity index is 0.946. The summed E-state index contributed by atoms with van der Waals surface area (Å²) in [7, 11) is 0. The molecule has 11 aromatic carbocycles. The molecule has 0 saturated heterocycles. The van der Waals surface area contributed by atoms with Gasteiger partial charge in [-0.15, -0.1) is 0 Å². The van der Waals surface area contributed by atoms with Crippen LogP contribution in [0.15, 0.2) is 247 Å². The van der Waals surface area contributed by atoms with Crippen molar-refractivity contribution in [3.8, 4) is 39.1 Å². The van der Waals surface area contributed by atoms with E-state index in [4.69, 9.17) is 4.42 Å². The summed E-state index contributed by atoms with van der Waals surface area (Å²) in [5.74, 6) is 0. The van der Waals surface area contributed by atoms with Gasteiger partial charge < -0.3 is 13.9 Å². The molecule has 0 atom stereocenters. The van der Waals surface area contributed by atoms with Gasteiger partial charge in [-0.1, -0.05) is 170 Å². The Hall–Kier alpha value is -8.66. The lowest BCUT2D eigenvalue weighted by molar-refractivity contribution is 0.670. The second kappa shape index (κ2) is 15.0. The first kappa shape index (κ1) is 36.9. The highest BCUT2D eigenvalue weighted by molar-refractivity contribution is 6.17. The molecule has 0 radical (unpaired) electrons. The van der Waals surface area contributed by atoms with Gasteiger partial charge in [0.25, 0.3) is 0 Å². The predicted molar refractivity (Wildman–Crippen MR) is 274 cm³/mol.